The zero-order valence-electron chi connectivity index (χ0n) is 21.7. The molecule has 1 heterocycles. The van der Waals surface area contributed by atoms with Crippen LogP contribution in [0.3, 0.4) is 0 Å². The van der Waals surface area contributed by atoms with Crippen molar-refractivity contribution in [3.8, 4) is 0 Å². The van der Waals surface area contributed by atoms with Crippen LogP contribution in [0.5, 0.6) is 0 Å². The van der Waals surface area contributed by atoms with Crippen molar-refractivity contribution in [2.45, 2.75) is 89.8 Å². The summed E-state index contributed by atoms with van der Waals surface area (Å²) < 4.78 is 9.53. The van der Waals surface area contributed by atoms with Crippen molar-refractivity contribution in [3.63, 3.8) is 0 Å². The summed E-state index contributed by atoms with van der Waals surface area (Å²) in [6.07, 6.45) is 4.58. The second kappa shape index (κ2) is 9.35. The SMILES string of the molecule is CC(C)(C)n1nc(N)cc1C1CCC(O[Si](c2ccccc2)(c2ccccc2)C(C)(C)C)CC1. The number of hydrogen-bond donors (Lipinski definition) is 1. The van der Waals surface area contributed by atoms with Crippen LogP contribution in [0.25, 0.3) is 0 Å². The summed E-state index contributed by atoms with van der Waals surface area (Å²) in [7, 11) is -2.51. The van der Waals surface area contributed by atoms with E-state index in [2.05, 4.69) is 118 Å². The van der Waals surface area contributed by atoms with E-state index in [0.717, 1.165) is 25.7 Å². The Balaban J connectivity index is 1.63. The van der Waals surface area contributed by atoms with Gasteiger partial charge in [0, 0.05) is 23.8 Å². The third-order valence-electron chi connectivity index (χ3n) is 7.24. The predicted molar refractivity (Wildman–Crippen MR) is 145 cm³/mol. The first-order valence-corrected chi connectivity index (χ1v) is 14.6. The van der Waals surface area contributed by atoms with Crippen molar-refractivity contribution < 1.29 is 4.43 Å². The molecule has 4 nitrogen and oxygen atoms in total. The number of aromatic nitrogens is 2. The number of rotatable bonds is 5. The highest BCUT2D eigenvalue weighted by Gasteiger charge is 2.51. The van der Waals surface area contributed by atoms with Crippen molar-refractivity contribution in [1.82, 2.24) is 9.78 Å². The Kier molecular flexibility index (Phi) is 6.80. The van der Waals surface area contributed by atoms with Crippen LogP contribution >= 0.6 is 0 Å². The number of nitrogens with zero attached hydrogens (tertiary/aromatic N) is 2. The summed E-state index contributed by atoms with van der Waals surface area (Å²) >= 11 is 0. The van der Waals surface area contributed by atoms with Crippen LogP contribution in [0, 0.1) is 0 Å². The van der Waals surface area contributed by atoms with Crippen LogP contribution < -0.4 is 16.1 Å². The van der Waals surface area contributed by atoms with Gasteiger partial charge in [-0.25, -0.2) is 0 Å². The first kappa shape index (κ1) is 24.7. The van der Waals surface area contributed by atoms with Crippen LogP contribution in [0.15, 0.2) is 66.7 Å². The minimum Gasteiger partial charge on any atom is -0.404 e. The molecule has 0 unspecified atom stereocenters. The predicted octanol–water partition coefficient (Wildman–Crippen LogP) is 5.82. The molecule has 1 aromatic heterocycles. The van der Waals surface area contributed by atoms with Gasteiger partial charge in [0.15, 0.2) is 0 Å². The number of nitrogens with two attached hydrogens (primary N) is 1. The van der Waals surface area contributed by atoms with Crippen molar-refractivity contribution in [2.75, 3.05) is 5.73 Å². The van der Waals surface area contributed by atoms with Gasteiger partial charge in [-0.1, -0.05) is 81.4 Å². The molecule has 0 radical (unpaired) electrons. The third kappa shape index (κ3) is 4.73. The second-order valence-electron chi connectivity index (χ2n) is 11.8. The van der Waals surface area contributed by atoms with E-state index in [4.69, 9.17) is 10.2 Å². The standard InChI is InChI=1S/C29H41N3OSi/c1-28(2,3)32-26(21-27(30)31-32)22-17-19-23(20-18-22)33-34(29(4,5)6,24-13-9-7-10-14-24)25-15-11-8-12-16-25/h7-16,21-23H,17-20H2,1-6H3,(H2,30,31). The van der Waals surface area contributed by atoms with E-state index in [9.17, 15) is 0 Å². The molecule has 0 aliphatic heterocycles. The van der Waals surface area contributed by atoms with Gasteiger partial charge in [0.05, 0.1) is 5.54 Å². The zero-order chi connectivity index (χ0) is 24.6. The lowest BCUT2D eigenvalue weighted by Crippen LogP contribution is -2.67. The molecule has 0 spiro atoms. The fraction of sp³-hybridized carbons (Fsp3) is 0.483. The van der Waals surface area contributed by atoms with Crippen molar-refractivity contribution >= 4 is 24.5 Å². The third-order valence-corrected chi connectivity index (χ3v) is 12.3. The van der Waals surface area contributed by atoms with Gasteiger partial charge in [-0.05, 0) is 61.9 Å². The number of nitrogen functional groups attached to an aromatic ring is 1. The van der Waals surface area contributed by atoms with Gasteiger partial charge in [-0.15, -0.1) is 0 Å². The lowest BCUT2D eigenvalue weighted by molar-refractivity contribution is 0.132. The summed E-state index contributed by atoms with van der Waals surface area (Å²) in [5.41, 5.74) is 7.32. The maximum Gasteiger partial charge on any atom is 0.261 e. The quantitative estimate of drug-likeness (QED) is 0.473. The second-order valence-corrected chi connectivity index (χ2v) is 16.1. The summed E-state index contributed by atoms with van der Waals surface area (Å²) in [5.74, 6) is 1.10. The minimum absolute atomic E-state index is 0.00581. The van der Waals surface area contributed by atoms with Gasteiger partial charge >= 0.3 is 0 Å². The maximum atomic E-state index is 7.39. The van der Waals surface area contributed by atoms with E-state index in [1.54, 1.807) is 0 Å². The van der Waals surface area contributed by atoms with Gasteiger partial charge in [0.25, 0.3) is 8.32 Å². The molecule has 0 saturated heterocycles. The Morgan fingerprint density at radius 3 is 1.76 bits per heavy atom. The molecule has 4 rings (SSSR count). The molecule has 1 fully saturated rings. The fourth-order valence-electron chi connectivity index (χ4n) is 5.66. The average molecular weight is 476 g/mol. The molecule has 1 saturated carbocycles. The summed E-state index contributed by atoms with van der Waals surface area (Å²) in [6.45, 7) is 13.7. The normalized spacial score (nSPS) is 19.8. The van der Waals surface area contributed by atoms with Gasteiger partial charge < -0.3 is 10.2 Å². The summed E-state index contributed by atoms with van der Waals surface area (Å²) in [4.78, 5) is 0. The number of hydrogen-bond acceptors (Lipinski definition) is 3. The summed E-state index contributed by atoms with van der Waals surface area (Å²) in [5, 5.41) is 7.33. The van der Waals surface area contributed by atoms with Gasteiger partial charge in [0.1, 0.15) is 5.82 Å². The van der Waals surface area contributed by atoms with Gasteiger partial charge in [-0.3, -0.25) is 4.68 Å². The monoisotopic (exact) mass is 475 g/mol. The van der Waals surface area contributed by atoms with Crippen molar-refractivity contribution in [1.29, 1.82) is 0 Å². The molecule has 0 atom stereocenters. The van der Waals surface area contributed by atoms with E-state index in [1.807, 2.05) is 0 Å². The highest BCUT2D eigenvalue weighted by atomic mass is 28.4. The highest BCUT2D eigenvalue weighted by molar-refractivity contribution is 6.99. The van der Waals surface area contributed by atoms with Gasteiger partial charge in [0.2, 0.25) is 0 Å². The number of benzene rings is 2. The lowest BCUT2D eigenvalue weighted by Gasteiger charge is -2.46. The topological polar surface area (TPSA) is 53.1 Å². The Bertz CT molecular complexity index is 1030. The van der Waals surface area contributed by atoms with Crippen LogP contribution in [-0.4, -0.2) is 24.2 Å². The van der Waals surface area contributed by atoms with E-state index < -0.39 is 8.32 Å². The van der Waals surface area contributed by atoms with Crippen LogP contribution in [0.2, 0.25) is 5.04 Å². The molecule has 34 heavy (non-hydrogen) atoms. The first-order valence-electron chi connectivity index (χ1n) is 12.7. The highest BCUT2D eigenvalue weighted by Crippen LogP contribution is 2.42. The molecule has 2 aromatic carbocycles. The van der Waals surface area contributed by atoms with Crippen LogP contribution in [0.1, 0.15) is 78.8 Å². The molecule has 182 valence electrons. The van der Waals surface area contributed by atoms with E-state index in [-0.39, 0.29) is 16.7 Å². The lowest BCUT2D eigenvalue weighted by atomic mass is 9.85. The van der Waals surface area contributed by atoms with E-state index in [1.165, 1.54) is 16.1 Å². The Morgan fingerprint density at radius 1 is 0.824 bits per heavy atom. The molecule has 5 heteroatoms. The molecule has 1 aliphatic rings. The smallest absolute Gasteiger partial charge is 0.261 e. The molecule has 0 bridgehead atoms. The maximum absolute atomic E-state index is 7.39. The Labute approximate surface area is 206 Å². The number of anilines is 1. The molecule has 1 aliphatic carbocycles. The van der Waals surface area contributed by atoms with E-state index in [0.29, 0.717) is 11.7 Å². The largest absolute Gasteiger partial charge is 0.404 e. The van der Waals surface area contributed by atoms with Gasteiger partial charge in [-0.2, -0.15) is 5.10 Å². The molecular formula is C29H41N3OSi. The van der Waals surface area contributed by atoms with Crippen LogP contribution in [0.4, 0.5) is 5.82 Å². The molecular weight excluding hydrogens is 434 g/mol. The minimum atomic E-state index is -2.51. The van der Waals surface area contributed by atoms with E-state index >= 15 is 0 Å². The summed E-state index contributed by atoms with van der Waals surface area (Å²) in [6, 6.07) is 24.0. The average Bonchev–Trinajstić information content (AvgIpc) is 3.20. The zero-order valence-corrected chi connectivity index (χ0v) is 22.7. The Hall–Kier alpha value is -2.37. The van der Waals surface area contributed by atoms with Crippen molar-refractivity contribution in [2.24, 2.45) is 0 Å². The first-order chi connectivity index (χ1) is 16.0. The molecule has 0 amide bonds. The fourth-order valence-corrected chi connectivity index (χ4v) is 10.4. The van der Waals surface area contributed by atoms with Crippen LogP contribution in [-0.2, 0) is 9.96 Å². The molecule has 3 aromatic rings. The Morgan fingerprint density at radius 2 is 1.32 bits per heavy atom. The molecule has 2 N–H and O–H groups in total. The van der Waals surface area contributed by atoms with Crippen molar-refractivity contribution in [3.05, 3.63) is 72.4 Å².